The third kappa shape index (κ3) is 2.79. The van der Waals surface area contributed by atoms with E-state index in [1.165, 1.54) is 0 Å². The molecule has 0 spiro atoms. The van der Waals surface area contributed by atoms with Crippen LogP contribution in [0.5, 0.6) is 0 Å². The molecule has 0 aromatic heterocycles. The highest BCUT2D eigenvalue weighted by molar-refractivity contribution is 9.10. The van der Waals surface area contributed by atoms with Gasteiger partial charge in [0, 0.05) is 10.0 Å². The lowest BCUT2D eigenvalue weighted by Crippen LogP contribution is -2.01. The molecule has 2 aromatic carbocycles. The molecule has 2 aromatic rings. The van der Waals surface area contributed by atoms with Crippen molar-refractivity contribution in [3.05, 3.63) is 64.1 Å². The number of thiocarbonyl (C=S) groups is 1. The fraction of sp³-hybridized carbons (Fsp3) is 0. The van der Waals surface area contributed by atoms with Gasteiger partial charge >= 0.3 is 0 Å². The molecule has 0 aliphatic heterocycles. The molecule has 2 nitrogen and oxygen atoms in total. The van der Waals surface area contributed by atoms with Crippen molar-refractivity contribution < 1.29 is 4.79 Å². The molecule has 0 atom stereocenters. The van der Waals surface area contributed by atoms with Gasteiger partial charge < -0.3 is 0 Å². The number of halogens is 1. The molecule has 0 aliphatic rings. The largest absolute Gasteiger partial charge is 0.289 e. The maximum absolute atomic E-state index is 12.4. The summed E-state index contributed by atoms with van der Waals surface area (Å²) in [5, 5.41) is 2.29. The van der Waals surface area contributed by atoms with Gasteiger partial charge in [-0.15, -0.1) is 0 Å². The fourth-order valence-corrected chi connectivity index (χ4v) is 2.04. The summed E-state index contributed by atoms with van der Waals surface area (Å²) in [6.07, 6.45) is 0. The molecule has 0 saturated heterocycles. The normalized spacial score (nSPS) is 9.61. The average Bonchev–Trinajstić information content (AvgIpc) is 2.41. The molecule has 0 amide bonds. The van der Waals surface area contributed by atoms with Crippen LogP contribution in [0.2, 0.25) is 0 Å². The summed E-state index contributed by atoms with van der Waals surface area (Å²) in [4.78, 5) is 16.3. The van der Waals surface area contributed by atoms with Gasteiger partial charge in [0.05, 0.1) is 16.4 Å². The van der Waals surface area contributed by atoms with Crippen molar-refractivity contribution in [1.29, 1.82) is 0 Å². The molecular formula is C14H8BrNOS. The quantitative estimate of drug-likeness (QED) is 0.476. The molecule has 0 fully saturated rings. The minimum atomic E-state index is -0.0825. The Balaban J connectivity index is 2.53. The van der Waals surface area contributed by atoms with Crippen molar-refractivity contribution in [2.45, 2.75) is 0 Å². The first-order valence-corrected chi connectivity index (χ1v) is 6.39. The number of isothiocyanates is 1. The molecule has 0 heterocycles. The second-order valence-corrected chi connectivity index (χ2v) is 4.66. The van der Waals surface area contributed by atoms with Crippen LogP contribution in [0, 0.1) is 0 Å². The standard InChI is InChI=1S/C14H8BrNOS/c15-11-6-7-13(16-9-18)12(8-11)14(17)10-4-2-1-3-5-10/h1-8H. The number of carbonyl (C=O) groups excluding carboxylic acids is 1. The van der Waals surface area contributed by atoms with Crippen LogP contribution in [-0.4, -0.2) is 10.9 Å². The van der Waals surface area contributed by atoms with Gasteiger partial charge in [-0.3, -0.25) is 4.79 Å². The number of carbonyl (C=O) groups is 1. The molecule has 0 saturated carbocycles. The van der Waals surface area contributed by atoms with Crippen LogP contribution in [0.25, 0.3) is 0 Å². The Kier molecular flexibility index (Phi) is 4.15. The molecule has 0 bridgehead atoms. The average molecular weight is 318 g/mol. The lowest BCUT2D eigenvalue weighted by molar-refractivity contribution is 0.103. The zero-order valence-corrected chi connectivity index (χ0v) is 11.7. The van der Waals surface area contributed by atoms with Gasteiger partial charge in [-0.2, -0.15) is 4.99 Å². The maximum atomic E-state index is 12.4. The number of rotatable bonds is 3. The predicted octanol–water partition coefficient (Wildman–Crippen LogP) is 4.41. The molecule has 4 heteroatoms. The summed E-state index contributed by atoms with van der Waals surface area (Å²) in [7, 11) is 0. The number of hydrogen-bond acceptors (Lipinski definition) is 3. The van der Waals surface area contributed by atoms with Crippen LogP contribution >= 0.6 is 28.1 Å². The molecular weight excluding hydrogens is 310 g/mol. The monoisotopic (exact) mass is 317 g/mol. The van der Waals surface area contributed by atoms with E-state index in [4.69, 9.17) is 0 Å². The summed E-state index contributed by atoms with van der Waals surface area (Å²) in [5.41, 5.74) is 1.66. The van der Waals surface area contributed by atoms with E-state index in [-0.39, 0.29) is 5.78 Å². The molecule has 2 rings (SSSR count). The van der Waals surface area contributed by atoms with Crippen molar-refractivity contribution in [2.24, 2.45) is 4.99 Å². The highest BCUT2D eigenvalue weighted by atomic mass is 79.9. The molecule has 0 radical (unpaired) electrons. The fourth-order valence-electron chi connectivity index (χ4n) is 1.58. The van der Waals surface area contributed by atoms with Crippen LogP contribution in [-0.2, 0) is 0 Å². The summed E-state index contributed by atoms with van der Waals surface area (Å²) >= 11 is 7.94. The highest BCUT2D eigenvalue weighted by Gasteiger charge is 2.13. The second kappa shape index (κ2) is 5.83. The Morgan fingerprint density at radius 1 is 1.17 bits per heavy atom. The second-order valence-electron chi connectivity index (χ2n) is 3.56. The topological polar surface area (TPSA) is 29.4 Å². The Hall–Kier alpha value is -1.61. The van der Waals surface area contributed by atoms with Gasteiger partial charge in [-0.1, -0.05) is 46.3 Å². The number of ketones is 1. The van der Waals surface area contributed by atoms with Crippen molar-refractivity contribution in [2.75, 3.05) is 0 Å². The summed E-state index contributed by atoms with van der Waals surface area (Å²) in [5.74, 6) is -0.0825. The molecule has 88 valence electrons. The number of nitrogens with zero attached hydrogens (tertiary/aromatic N) is 1. The van der Waals surface area contributed by atoms with Crippen LogP contribution in [0.1, 0.15) is 15.9 Å². The van der Waals surface area contributed by atoms with Crippen molar-refractivity contribution in [1.82, 2.24) is 0 Å². The first-order valence-electron chi connectivity index (χ1n) is 5.19. The van der Waals surface area contributed by atoms with E-state index >= 15 is 0 Å². The van der Waals surface area contributed by atoms with E-state index in [9.17, 15) is 4.79 Å². The van der Waals surface area contributed by atoms with E-state index < -0.39 is 0 Å². The molecule has 18 heavy (non-hydrogen) atoms. The first kappa shape index (κ1) is 12.8. The van der Waals surface area contributed by atoms with Gasteiger partial charge in [-0.05, 0) is 30.4 Å². The van der Waals surface area contributed by atoms with Gasteiger partial charge in [-0.25, -0.2) is 0 Å². The van der Waals surface area contributed by atoms with Crippen LogP contribution in [0.15, 0.2) is 58.0 Å². The zero-order chi connectivity index (χ0) is 13.0. The van der Waals surface area contributed by atoms with E-state index in [1.807, 2.05) is 24.3 Å². The molecule has 0 N–H and O–H groups in total. The number of aliphatic imine (C=N–C) groups is 1. The summed E-state index contributed by atoms with van der Waals surface area (Å²) < 4.78 is 0.824. The lowest BCUT2D eigenvalue weighted by atomic mass is 10.0. The Morgan fingerprint density at radius 2 is 1.89 bits per heavy atom. The van der Waals surface area contributed by atoms with Gasteiger partial charge in [0.2, 0.25) is 0 Å². The molecule has 0 aliphatic carbocycles. The van der Waals surface area contributed by atoms with E-state index in [2.05, 4.69) is 38.3 Å². The van der Waals surface area contributed by atoms with Crippen molar-refractivity contribution in [3.63, 3.8) is 0 Å². The summed E-state index contributed by atoms with van der Waals surface area (Å²) in [6, 6.07) is 14.4. The van der Waals surface area contributed by atoms with E-state index in [0.29, 0.717) is 16.8 Å². The summed E-state index contributed by atoms with van der Waals surface area (Å²) in [6.45, 7) is 0. The zero-order valence-electron chi connectivity index (χ0n) is 9.26. The highest BCUT2D eigenvalue weighted by Crippen LogP contribution is 2.25. The number of hydrogen-bond donors (Lipinski definition) is 0. The van der Waals surface area contributed by atoms with Crippen LogP contribution in [0.4, 0.5) is 5.69 Å². The maximum Gasteiger partial charge on any atom is 0.195 e. The van der Waals surface area contributed by atoms with Crippen LogP contribution in [0.3, 0.4) is 0 Å². The Morgan fingerprint density at radius 3 is 2.56 bits per heavy atom. The molecule has 0 unspecified atom stereocenters. The van der Waals surface area contributed by atoms with Gasteiger partial charge in [0.15, 0.2) is 5.78 Å². The van der Waals surface area contributed by atoms with Crippen molar-refractivity contribution >= 4 is 44.8 Å². The third-order valence-corrected chi connectivity index (χ3v) is 2.99. The van der Waals surface area contributed by atoms with Gasteiger partial charge in [0.1, 0.15) is 0 Å². The van der Waals surface area contributed by atoms with Crippen molar-refractivity contribution in [3.8, 4) is 0 Å². The predicted molar refractivity (Wildman–Crippen MR) is 78.7 cm³/mol. The van der Waals surface area contributed by atoms with Gasteiger partial charge in [0.25, 0.3) is 0 Å². The Bertz CT molecular complexity index is 633. The smallest absolute Gasteiger partial charge is 0.195 e. The SMILES string of the molecule is O=C(c1ccccc1)c1cc(Br)ccc1N=C=S. The lowest BCUT2D eigenvalue weighted by Gasteiger charge is -2.04. The van der Waals surface area contributed by atoms with E-state index in [0.717, 1.165) is 4.47 Å². The van der Waals surface area contributed by atoms with Crippen LogP contribution < -0.4 is 0 Å². The minimum absolute atomic E-state index is 0.0825. The van der Waals surface area contributed by atoms with E-state index in [1.54, 1.807) is 24.3 Å². The minimum Gasteiger partial charge on any atom is -0.289 e. The third-order valence-electron chi connectivity index (χ3n) is 2.41. The first-order chi connectivity index (χ1) is 8.72. The Labute approximate surface area is 119 Å². The number of benzene rings is 2.